The number of benzene rings is 2. The first-order valence-electron chi connectivity index (χ1n) is 10.7. The van der Waals surface area contributed by atoms with Gasteiger partial charge in [-0.05, 0) is 50.5 Å². The van der Waals surface area contributed by atoms with Crippen LogP contribution >= 0.6 is 0 Å². The molecule has 156 valence electrons. The molecule has 1 aromatic heterocycles. The van der Waals surface area contributed by atoms with Crippen molar-refractivity contribution in [2.24, 2.45) is 0 Å². The normalized spacial score (nSPS) is 16.5. The Bertz CT molecular complexity index is 1040. The smallest absolute Gasteiger partial charge is 0.247 e. The number of carbonyl (C=O) groups excluding carboxylic acids is 1. The Labute approximate surface area is 178 Å². The van der Waals surface area contributed by atoms with Gasteiger partial charge >= 0.3 is 0 Å². The number of carbonyl (C=O) groups is 1. The summed E-state index contributed by atoms with van der Waals surface area (Å²) < 4.78 is 2.15. The maximum Gasteiger partial charge on any atom is 0.247 e. The van der Waals surface area contributed by atoms with Gasteiger partial charge in [-0.15, -0.1) is 0 Å². The van der Waals surface area contributed by atoms with Crippen LogP contribution in [-0.2, 0) is 17.8 Å². The van der Waals surface area contributed by atoms with E-state index in [9.17, 15) is 4.79 Å². The predicted molar refractivity (Wildman–Crippen MR) is 120 cm³/mol. The monoisotopic (exact) mass is 402 g/mol. The second-order valence-electron chi connectivity index (χ2n) is 8.42. The van der Waals surface area contributed by atoms with Crippen molar-refractivity contribution in [2.45, 2.75) is 52.7 Å². The van der Waals surface area contributed by atoms with Crippen molar-refractivity contribution in [3.05, 3.63) is 82.9 Å². The number of fused-ring (bicyclic) bond motifs is 1. The van der Waals surface area contributed by atoms with Crippen molar-refractivity contribution in [2.75, 3.05) is 11.9 Å². The first-order chi connectivity index (χ1) is 14.5. The molecule has 5 heteroatoms. The molecular formula is C25H30N4O. The fourth-order valence-electron chi connectivity index (χ4n) is 4.23. The number of aryl methyl sites for hydroxylation is 1. The van der Waals surface area contributed by atoms with Crippen molar-refractivity contribution in [3.63, 3.8) is 0 Å². The lowest BCUT2D eigenvalue weighted by atomic mass is 9.99. The minimum atomic E-state index is -0.376. The highest BCUT2D eigenvalue weighted by molar-refractivity contribution is 5.96. The van der Waals surface area contributed by atoms with Gasteiger partial charge < -0.3 is 9.88 Å². The molecule has 2 heterocycles. The van der Waals surface area contributed by atoms with E-state index in [1.807, 2.05) is 36.7 Å². The zero-order valence-electron chi connectivity index (χ0n) is 18.2. The minimum absolute atomic E-state index is 0.00276. The maximum atomic E-state index is 13.7. The number of amides is 1. The third kappa shape index (κ3) is 3.90. The van der Waals surface area contributed by atoms with Gasteiger partial charge in [-0.1, -0.05) is 42.5 Å². The Hall–Kier alpha value is -2.92. The third-order valence-electron chi connectivity index (χ3n) is 6.07. The maximum absolute atomic E-state index is 13.7. The number of nitrogens with zero attached hydrogens (tertiary/aromatic N) is 3. The molecule has 2 aromatic carbocycles. The van der Waals surface area contributed by atoms with Crippen molar-refractivity contribution in [3.8, 4) is 0 Å². The highest BCUT2D eigenvalue weighted by Crippen LogP contribution is 2.34. The first-order valence-corrected chi connectivity index (χ1v) is 10.7. The first kappa shape index (κ1) is 20.4. The molecular weight excluding hydrogens is 372 g/mol. The summed E-state index contributed by atoms with van der Waals surface area (Å²) in [5.41, 5.74) is 6.42. The summed E-state index contributed by atoms with van der Waals surface area (Å²) in [5.74, 6) is 0.00276. The number of hydrogen-bond donors (Lipinski definition) is 1. The van der Waals surface area contributed by atoms with E-state index in [0.717, 1.165) is 42.1 Å². The highest BCUT2D eigenvalue weighted by Gasteiger charge is 2.37. The van der Waals surface area contributed by atoms with Crippen LogP contribution in [0.4, 0.5) is 5.69 Å². The van der Waals surface area contributed by atoms with Gasteiger partial charge in [-0.2, -0.15) is 0 Å². The van der Waals surface area contributed by atoms with Crippen LogP contribution in [0.2, 0.25) is 0 Å². The van der Waals surface area contributed by atoms with E-state index in [0.29, 0.717) is 0 Å². The Kier molecular flexibility index (Phi) is 5.73. The van der Waals surface area contributed by atoms with E-state index >= 15 is 0 Å². The Balaban J connectivity index is 1.71. The van der Waals surface area contributed by atoms with Gasteiger partial charge in [-0.25, -0.2) is 4.98 Å². The molecule has 4 rings (SSSR count). The molecule has 1 amide bonds. The zero-order chi connectivity index (χ0) is 21.3. The van der Waals surface area contributed by atoms with Crippen LogP contribution in [0.15, 0.2) is 54.9 Å². The summed E-state index contributed by atoms with van der Waals surface area (Å²) in [6.07, 6.45) is 2.74. The van der Waals surface area contributed by atoms with Crippen LogP contribution in [0.3, 0.4) is 0 Å². The molecule has 1 aliphatic rings. The van der Waals surface area contributed by atoms with E-state index in [-0.39, 0.29) is 18.0 Å². The fourth-order valence-corrected chi connectivity index (χ4v) is 4.23. The van der Waals surface area contributed by atoms with Crippen molar-refractivity contribution in [1.82, 2.24) is 14.5 Å². The van der Waals surface area contributed by atoms with E-state index in [2.05, 4.69) is 65.7 Å². The third-order valence-corrected chi connectivity index (χ3v) is 6.07. The number of rotatable bonds is 5. The SMILES string of the molecule is Cc1cccc(NC(=O)[C@@H]2c3c(ncn3C(C)C)CCN2Cc2ccccc2)c1C. The standard InChI is InChI=1S/C25H30N4O/c1-17(2)29-16-26-22-13-14-28(15-20-10-6-5-7-11-20)24(23(22)29)25(30)27-21-12-8-9-18(3)19(21)4/h5-12,16-17,24H,13-15H2,1-4H3,(H,27,30)/t24-/m0/s1. The number of nitrogens with one attached hydrogen (secondary N) is 1. The predicted octanol–water partition coefficient (Wildman–Crippen LogP) is 4.82. The quantitative estimate of drug-likeness (QED) is 0.666. The van der Waals surface area contributed by atoms with Gasteiger partial charge in [0, 0.05) is 31.2 Å². The topological polar surface area (TPSA) is 50.2 Å². The zero-order valence-corrected chi connectivity index (χ0v) is 18.2. The van der Waals surface area contributed by atoms with Crippen LogP contribution in [-0.4, -0.2) is 26.9 Å². The van der Waals surface area contributed by atoms with Gasteiger partial charge in [0.15, 0.2) is 0 Å². The van der Waals surface area contributed by atoms with Crippen LogP contribution in [0.25, 0.3) is 0 Å². The molecule has 0 saturated heterocycles. The van der Waals surface area contributed by atoms with E-state index < -0.39 is 0 Å². The van der Waals surface area contributed by atoms with Gasteiger partial charge in [0.05, 0.1) is 17.7 Å². The van der Waals surface area contributed by atoms with E-state index in [1.54, 1.807) is 0 Å². The minimum Gasteiger partial charge on any atom is -0.330 e. The summed E-state index contributed by atoms with van der Waals surface area (Å²) in [4.78, 5) is 20.6. The van der Waals surface area contributed by atoms with Crippen LogP contribution in [0.1, 0.15) is 54.0 Å². The molecule has 1 aliphatic heterocycles. The molecule has 3 aromatic rings. The van der Waals surface area contributed by atoms with E-state index in [1.165, 1.54) is 11.1 Å². The molecule has 0 fully saturated rings. The summed E-state index contributed by atoms with van der Waals surface area (Å²) in [6.45, 7) is 9.93. The molecule has 5 nitrogen and oxygen atoms in total. The molecule has 0 bridgehead atoms. The van der Waals surface area contributed by atoms with Gasteiger partial charge in [0.25, 0.3) is 0 Å². The van der Waals surface area contributed by atoms with Crippen LogP contribution in [0.5, 0.6) is 0 Å². The van der Waals surface area contributed by atoms with Crippen molar-refractivity contribution >= 4 is 11.6 Å². The molecule has 1 atom stereocenters. The lowest BCUT2D eigenvalue weighted by molar-refractivity contribution is -0.122. The van der Waals surface area contributed by atoms with Crippen LogP contribution in [0, 0.1) is 13.8 Å². The Morgan fingerprint density at radius 1 is 1.13 bits per heavy atom. The van der Waals surface area contributed by atoms with Crippen molar-refractivity contribution < 1.29 is 4.79 Å². The highest BCUT2D eigenvalue weighted by atomic mass is 16.2. The largest absolute Gasteiger partial charge is 0.330 e. The molecule has 0 unspecified atom stereocenters. The summed E-state index contributed by atoms with van der Waals surface area (Å²) in [6, 6.07) is 16.3. The van der Waals surface area contributed by atoms with Crippen LogP contribution < -0.4 is 5.32 Å². The summed E-state index contributed by atoms with van der Waals surface area (Å²) in [7, 11) is 0. The molecule has 1 N–H and O–H groups in total. The van der Waals surface area contributed by atoms with Gasteiger partial charge in [-0.3, -0.25) is 9.69 Å². The molecule has 30 heavy (non-hydrogen) atoms. The molecule has 0 radical (unpaired) electrons. The summed E-state index contributed by atoms with van der Waals surface area (Å²) in [5, 5.41) is 3.21. The number of anilines is 1. The number of hydrogen-bond acceptors (Lipinski definition) is 3. The second kappa shape index (κ2) is 8.44. The number of aromatic nitrogens is 2. The number of imidazole rings is 1. The molecule has 0 saturated carbocycles. The Morgan fingerprint density at radius 2 is 1.90 bits per heavy atom. The molecule has 0 aliphatic carbocycles. The van der Waals surface area contributed by atoms with Crippen molar-refractivity contribution in [1.29, 1.82) is 0 Å². The lowest BCUT2D eigenvalue weighted by Crippen LogP contribution is -2.42. The second-order valence-corrected chi connectivity index (χ2v) is 8.42. The van der Waals surface area contributed by atoms with Gasteiger partial charge in [0.2, 0.25) is 5.91 Å². The lowest BCUT2D eigenvalue weighted by Gasteiger charge is -2.36. The summed E-state index contributed by atoms with van der Waals surface area (Å²) >= 11 is 0. The van der Waals surface area contributed by atoms with Gasteiger partial charge in [0.1, 0.15) is 6.04 Å². The molecule has 0 spiro atoms. The van der Waals surface area contributed by atoms with E-state index in [4.69, 9.17) is 0 Å². The average molecular weight is 403 g/mol. The fraction of sp³-hybridized carbons (Fsp3) is 0.360. The average Bonchev–Trinajstić information content (AvgIpc) is 3.16. The Morgan fingerprint density at radius 3 is 2.63 bits per heavy atom.